The van der Waals surface area contributed by atoms with E-state index in [-0.39, 0.29) is 5.70 Å². The summed E-state index contributed by atoms with van der Waals surface area (Å²) in [4.78, 5) is 50.2. The summed E-state index contributed by atoms with van der Waals surface area (Å²) in [6.07, 6.45) is 0. The van der Waals surface area contributed by atoms with Gasteiger partial charge in [-0.05, 0) is 31.2 Å². The molecule has 1 heterocycles. The number of barbiturate groups is 1. The number of anilines is 1. The van der Waals surface area contributed by atoms with Crippen LogP contribution >= 0.6 is 0 Å². The highest BCUT2D eigenvalue weighted by atomic mass is 16.2. The first kappa shape index (κ1) is 18.8. The van der Waals surface area contributed by atoms with Crippen molar-refractivity contribution in [3.8, 4) is 0 Å². The van der Waals surface area contributed by atoms with Crippen LogP contribution < -0.4 is 21.1 Å². The molecule has 0 unspecified atom stereocenters. The van der Waals surface area contributed by atoms with Gasteiger partial charge < -0.3 is 5.43 Å². The number of aryl methyl sites for hydroxylation is 1. The quantitative estimate of drug-likeness (QED) is 0.542. The van der Waals surface area contributed by atoms with E-state index in [1.807, 2.05) is 6.92 Å². The smallest absolute Gasteiger partial charge is 0.302 e. The average Bonchev–Trinajstić information content (AvgIpc) is 2.68. The normalized spacial score (nSPS) is 16.4. The third-order valence-corrected chi connectivity index (χ3v) is 4.18. The Labute approximate surface area is 161 Å². The summed E-state index contributed by atoms with van der Waals surface area (Å²) in [5, 5.41) is 2.14. The van der Waals surface area contributed by atoms with Crippen molar-refractivity contribution >= 4 is 29.4 Å². The molecule has 0 aromatic heterocycles. The van der Waals surface area contributed by atoms with Crippen LogP contribution in [0.5, 0.6) is 0 Å². The van der Waals surface area contributed by atoms with Gasteiger partial charge in [-0.1, -0.05) is 42.5 Å². The van der Waals surface area contributed by atoms with Gasteiger partial charge in [0.25, 0.3) is 11.8 Å². The maximum absolute atomic E-state index is 12.8. The van der Waals surface area contributed by atoms with E-state index in [1.165, 1.54) is 0 Å². The summed E-state index contributed by atoms with van der Waals surface area (Å²) in [5.74, 6) is -3.42. The number of carbonyl (C=O) groups excluding carboxylic acids is 4. The fraction of sp³-hybridized carbons (Fsp3) is 0.100. The Morgan fingerprint density at radius 1 is 1.00 bits per heavy atom. The van der Waals surface area contributed by atoms with E-state index >= 15 is 0 Å². The molecule has 8 nitrogen and oxygen atoms in total. The first-order chi connectivity index (χ1) is 13.4. The molecular formula is C20H18N4O4. The van der Waals surface area contributed by atoms with Crippen molar-refractivity contribution < 1.29 is 19.2 Å². The Morgan fingerprint density at radius 2 is 1.64 bits per heavy atom. The third-order valence-electron chi connectivity index (χ3n) is 4.18. The van der Waals surface area contributed by atoms with Gasteiger partial charge >= 0.3 is 6.03 Å². The number of nitrogens with zero attached hydrogens (tertiary/aromatic N) is 1. The summed E-state index contributed by atoms with van der Waals surface area (Å²) in [6, 6.07) is 14.2. The number of hydrogen-bond acceptors (Lipinski definition) is 5. The van der Waals surface area contributed by atoms with Crippen molar-refractivity contribution in [2.45, 2.75) is 6.92 Å². The molecule has 0 saturated carbocycles. The number of rotatable bonds is 5. The molecule has 3 N–H and O–H groups in total. The van der Waals surface area contributed by atoms with Crippen LogP contribution in [0.2, 0.25) is 0 Å². The van der Waals surface area contributed by atoms with Crippen molar-refractivity contribution in [2.24, 2.45) is 5.92 Å². The van der Waals surface area contributed by atoms with E-state index < -0.39 is 29.7 Å². The number of urea groups is 1. The monoisotopic (exact) mass is 378 g/mol. The summed E-state index contributed by atoms with van der Waals surface area (Å²) < 4.78 is 0. The van der Waals surface area contributed by atoms with Crippen LogP contribution in [0.4, 0.5) is 10.5 Å². The molecule has 142 valence electrons. The van der Waals surface area contributed by atoms with Crippen molar-refractivity contribution in [1.29, 1.82) is 0 Å². The zero-order valence-corrected chi connectivity index (χ0v) is 15.1. The van der Waals surface area contributed by atoms with E-state index in [0.29, 0.717) is 11.3 Å². The Balaban J connectivity index is 1.74. The molecule has 3 rings (SSSR count). The summed E-state index contributed by atoms with van der Waals surface area (Å²) >= 11 is 0. The Hall–Kier alpha value is -3.94. The summed E-state index contributed by atoms with van der Waals surface area (Å²) in [7, 11) is 0. The lowest BCUT2D eigenvalue weighted by Gasteiger charge is -2.31. The average molecular weight is 378 g/mol. The predicted octanol–water partition coefficient (Wildman–Crippen LogP) is 1.64. The summed E-state index contributed by atoms with van der Waals surface area (Å²) in [6.45, 7) is 5.54. The van der Waals surface area contributed by atoms with Gasteiger partial charge in [0.05, 0.1) is 5.69 Å². The molecule has 2 aromatic rings. The van der Waals surface area contributed by atoms with Gasteiger partial charge in [0.1, 0.15) is 0 Å². The fourth-order valence-electron chi connectivity index (χ4n) is 2.69. The van der Waals surface area contributed by atoms with Gasteiger partial charge in [0.15, 0.2) is 5.92 Å². The molecule has 28 heavy (non-hydrogen) atoms. The van der Waals surface area contributed by atoms with E-state index in [1.54, 1.807) is 54.6 Å². The molecule has 5 amide bonds. The Morgan fingerprint density at radius 3 is 2.29 bits per heavy atom. The molecular weight excluding hydrogens is 360 g/mol. The predicted molar refractivity (Wildman–Crippen MR) is 102 cm³/mol. The van der Waals surface area contributed by atoms with Crippen molar-refractivity contribution in [2.75, 3.05) is 4.90 Å². The highest BCUT2D eigenvalue weighted by Crippen LogP contribution is 2.23. The lowest BCUT2D eigenvalue weighted by molar-refractivity contribution is -0.132. The molecule has 0 radical (unpaired) electrons. The van der Waals surface area contributed by atoms with Crippen LogP contribution in [0.25, 0.3) is 0 Å². The molecule has 1 aliphatic rings. The van der Waals surface area contributed by atoms with Crippen LogP contribution in [-0.2, 0) is 9.59 Å². The molecule has 0 aliphatic carbocycles. The van der Waals surface area contributed by atoms with Gasteiger partial charge in [-0.2, -0.15) is 0 Å². The van der Waals surface area contributed by atoms with Crippen molar-refractivity contribution in [1.82, 2.24) is 16.2 Å². The minimum atomic E-state index is -1.38. The van der Waals surface area contributed by atoms with Gasteiger partial charge in [-0.15, -0.1) is 0 Å². The molecule has 0 bridgehead atoms. The molecule has 1 fully saturated rings. The highest BCUT2D eigenvalue weighted by Gasteiger charge is 2.43. The molecule has 1 aliphatic heterocycles. The van der Waals surface area contributed by atoms with Crippen molar-refractivity contribution in [3.63, 3.8) is 0 Å². The van der Waals surface area contributed by atoms with Gasteiger partial charge in [0.2, 0.25) is 5.91 Å². The summed E-state index contributed by atoms with van der Waals surface area (Å²) in [5.41, 5.74) is 6.49. The number of carbonyl (C=O) groups is 4. The lowest BCUT2D eigenvalue weighted by Crippen LogP contribution is -2.60. The molecule has 1 saturated heterocycles. The maximum Gasteiger partial charge on any atom is 0.335 e. The van der Waals surface area contributed by atoms with Gasteiger partial charge in [-0.25, -0.2) is 9.69 Å². The standard InChI is InChI=1S/C20H18N4O4/c1-12-8-10-15(11-9-12)24-19(27)16(18(26)21-20(24)28)13(2)22-23-17(25)14-6-4-3-5-7-14/h3-11,16,22H,2H2,1H3,(H,23,25)(H,21,26,28)/t16-/m0/s1. The minimum absolute atomic E-state index is 0.0589. The van der Waals surface area contributed by atoms with Gasteiger partial charge in [0, 0.05) is 11.3 Å². The number of imide groups is 2. The van der Waals surface area contributed by atoms with Crippen LogP contribution in [0.3, 0.4) is 0 Å². The van der Waals surface area contributed by atoms with E-state index in [0.717, 1.165) is 10.5 Å². The van der Waals surface area contributed by atoms with E-state index in [9.17, 15) is 19.2 Å². The molecule has 2 aromatic carbocycles. The van der Waals surface area contributed by atoms with Crippen molar-refractivity contribution in [3.05, 3.63) is 78.0 Å². The van der Waals surface area contributed by atoms with E-state index in [4.69, 9.17) is 0 Å². The second-order valence-electron chi connectivity index (χ2n) is 6.21. The molecule has 1 atom stereocenters. The van der Waals surface area contributed by atoms with Crippen LogP contribution in [0, 0.1) is 12.8 Å². The molecule has 0 spiro atoms. The second-order valence-corrected chi connectivity index (χ2v) is 6.21. The zero-order chi connectivity index (χ0) is 20.3. The third kappa shape index (κ3) is 3.75. The SMILES string of the molecule is C=C(NNC(=O)c1ccccc1)[C@H]1C(=O)NC(=O)N(c2ccc(C)cc2)C1=O. The Bertz CT molecular complexity index is 954. The first-order valence-electron chi connectivity index (χ1n) is 8.44. The fourth-order valence-corrected chi connectivity index (χ4v) is 2.69. The van der Waals surface area contributed by atoms with E-state index in [2.05, 4.69) is 22.7 Å². The maximum atomic E-state index is 12.8. The van der Waals surface area contributed by atoms with Gasteiger partial charge in [-0.3, -0.25) is 25.1 Å². The Kier molecular flexibility index (Phi) is 5.21. The highest BCUT2D eigenvalue weighted by molar-refractivity contribution is 6.28. The first-order valence-corrected chi connectivity index (χ1v) is 8.44. The number of hydrogen-bond donors (Lipinski definition) is 3. The largest absolute Gasteiger partial charge is 0.335 e. The number of benzene rings is 2. The minimum Gasteiger partial charge on any atom is -0.302 e. The topological polar surface area (TPSA) is 108 Å². The second kappa shape index (κ2) is 7.75. The molecule has 8 heteroatoms. The lowest BCUT2D eigenvalue weighted by atomic mass is 10.0. The number of nitrogens with one attached hydrogen (secondary N) is 3. The zero-order valence-electron chi connectivity index (χ0n) is 15.1. The number of hydrazine groups is 1. The van der Waals surface area contributed by atoms with Crippen LogP contribution in [0.1, 0.15) is 15.9 Å². The van der Waals surface area contributed by atoms with Crippen LogP contribution in [-0.4, -0.2) is 23.8 Å². The van der Waals surface area contributed by atoms with Crippen LogP contribution in [0.15, 0.2) is 66.9 Å². The number of amides is 5.